The van der Waals surface area contributed by atoms with Gasteiger partial charge in [0.15, 0.2) is 0 Å². The van der Waals surface area contributed by atoms with Crippen LogP contribution < -0.4 is 0 Å². The van der Waals surface area contributed by atoms with Crippen molar-refractivity contribution in [3.8, 4) is 0 Å². The van der Waals surface area contributed by atoms with E-state index in [9.17, 15) is 30.0 Å². The Kier molecular flexibility index (Phi) is 9.19. The number of hydrogen-bond donors (Lipinski definition) is 4. The average Bonchev–Trinajstić information content (AvgIpc) is 3.34. The molecule has 10 atom stereocenters. The molecule has 4 N–H and O–H groups in total. The summed E-state index contributed by atoms with van der Waals surface area (Å²) in [7, 11) is 0. The fraction of sp³-hybridized carbons (Fsp3) is 0.824. The third-order valence-electron chi connectivity index (χ3n) is 11.7. The quantitative estimate of drug-likeness (QED) is 0.157. The van der Waals surface area contributed by atoms with Crippen LogP contribution in [0.25, 0.3) is 0 Å². The molecule has 4 rings (SSSR count). The van der Waals surface area contributed by atoms with E-state index in [2.05, 4.69) is 6.92 Å². The smallest absolute Gasteiger partial charge is 0.309 e. The highest BCUT2D eigenvalue weighted by Crippen LogP contribution is 2.76. The van der Waals surface area contributed by atoms with Crippen molar-refractivity contribution in [3.63, 3.8) is 0 Å². The number of carbonyl (C=O) groups is 2. The molecule has 0 heterocycles. The van der Waals surface area contributed by atoms with E-state index in [0.29, 0.717) is 18.4 Å². The summed E-state index contributed by atoms with van der Waals surface area (Å²) in [6, 6.07) is 0. The molecule has 0 aromatic rings. The first-order chi connectivity index (χ1) is 19.5. The van der Waals surface area contributed by atoms with Crippen molar-refractivity contribution in [1.29, 1.82) is 0 Å². The molecule has 0 saturated heterocycles. The largest absolute Gasteiger partial charge is 0.461 e. The molecule has 0 aliphatic heterocycles. The summed E-state index contributed by atoms with van der Waals surface area (Å²) in [4.78, 5) is 26.0. The first kappa shape index (κ1) is 33.2. The third-order valence-corrected chi connectivity index (χ3v) is 11.7. The summed E-state index contributed by atoms with van der Waals surface area (Å²) in [5.41, 5.74) is -4.26. The second kappa shape index (κ2) is 11.6. The van der Waals surface area contributed by atoms with Gasteiger partial charge in [-0.1, -0.05) is 86.3 Å². The molecule has 8 heteroatoms. The highest BCUT2D eigenvalue weighted by molar-refractivity contribution is 5.72. The molecule has 4 aliphatic rings. The lowest BCUT2D eigenvalue weighted by molar-refractivity contribution is -0.217. The summed E-state index contributed by atoms with van der Waals surface area (Å²) < 4.78 is 12.0. The number of carbonyl (C=O) groups excluding carboxylic acids is 2. The second-order valence-electron chi connectivity index (χ2n) is 14.7. The van der Waals surface area contributed by atoms with E-state index in [1.165, 1.54) is 0 Å². The molecule has 0 radical (unpaired) electrons. The van der Waals surface area contributed by atoms with Gasteiger partial charge in [-0.15, -0.1) is 0 Å². The second-order valence-corrected chi connectivity index (χ2v) is 14.7. The van der Waals surface area contributed by atoms with Crippen LogP contribution in [0.5, 0.6) is 0 Å². The zero-order chi connectivity index (χ0) is 31.4. The van der Waals surface area contributed by atoms with Gasteiger partial charge in [0.1, 0.15) is 30.0 Å². The number of unbranched alkanes of at least 4 members (excludes halogenated alkanes) is 4. The zero-order valence-electron chi connectivity index (χ0n) is 26.9. The maximum atomic E-state index is 13.2. The van der Waals surface area contributed by atoms with Gasteiger partial charge in [0.25, 0.3) is 0 Å². The molecule has 0 aromatic heterocycles. The van der Waals surface area contributed by atoms with Gasteiger partial charge in [-0.05, 0) is 42.7 Å². The van der Waals surface area contributed by atoms with E-state index in [-0.39, 0.29) is 35.9 Å². The van der Waals surface area contributed by atoms with E-state index < -0.39 is 58.1 Å². The Labute approximate surface area is 251 Å². The van der Waals surface area contributed by atoms with Gasteiger partial charge < -0.3 is 29.9 Å². The molecule has 42 heavy (non-hydrogen) atoms. The highest BCUT2D eigenvalue weighted by atomic mass is 16.6. The van der Waals surface area contributed by atoms with Crippen LogP contribution >= 0.6 is 0 Å². The minimum atomic E-state index is -2.17. The zero-order valence-corrected chi connectivity index (χ0v) is 26.9. The fourth-order valence-corrected chi connectivity index (χ4v) is 8.71. The monoisotopic (exact) mass is 590 g/mol. The van der Waals surface area contributed by atoms with Crippen LogP contribution in [-0.2, 0) is 19.1 Å². The normalized spacial score (nSPS) is 40.6. The predicted molar refractivity (Wildman–Crippen MR) is 159 cm³/mol. The standard InChI is InChI=1S/C34H54O8/c1-9-10-11-12-13-14-25(35)42-33-17-21(5)32-16-20(4)27(36)34(32,40)28(37)23(18-41-30(39)22(6)19(2)3)15-24(29(32)38)26(33)31(33,7)8/h15-16,19,21-22,24,26-29,36-38,40H,9-14,17-18H2,1-8H3/t21-,22?,24+,26-,27+,28-,29?,32+,33+,34-/m1/s1. The average molecular weight is 591 g/mol. The van der Waals surface area contributed by atoms with Gasteiger partial charge in [-0.25, -0.2) is 0 Å². The Morgan fingerprint density at radius 1 is 1.05 bits per heavy atom. The molecule has 2 saturated carbocycles. The number of rotatable bonds is 11. The Bertz CT molecular complexity index is 1110. The van der Waals surface area contributed by atoms with Gasteiger partial charge in [0, 0.05) is 23.7 Å². The topological polar surface area (TPSA) is 134 Å². The van der Waals surface area contributed by atoms with E-state index in [1.807, 2.05) is 34.6 Å². The first-order valence-corrected chi connectivity index (χ1v) is 16.1. The van der Waals surface area contributed by atoms with E-state index in [0.717, 1.165) is 32.1 Å². The van der Waals surface area contributed by atoms with Crippen LogP contribution in [0.2, 0.25) is 0 Å². The minimum absolute atomic E-state index is 0.0566. The van der Waals surface area contributed by atoms with Crippen molar-refractivity contribution >= 4 is 11.9 Å². The van der Waals surface area contributed by atoms with Crippen LogP contribution in [0.4, 0.5) is 0 Å². The molecular formula is C34H54O8. The molecule has 0 amide bonds. The molecule has 238 valence electrons. The molecule has 4 aliphatic carbocycles. The number of hydrogen-bond acceptors (Lipinski definition) is 8. The van der Waals surface area contributed by atoms with Crippen LogP contribution in [0.15, 0.2) is 23.3 Å². The minimum Gasteiger partial charge on any atom is -0.461 e. The lowest BCUT2D eigenvalue weighted by Crippen LogP contribution is -2.66. The van der Waals surface area contributed by atoms with Crippen LogP contribution in [-0.4, -0.2) is 68.5 Å². The maximum absolute atomic E-state index is 13.2. The number of esters is 2. The number of fused-ring (bicyclic) bond motifs is 3. The van der Waals surface area contributed by atoms with Gasteiger partial charge in [0.2, 0.25) is 0 Å². The van der Waals surface area contributed by atoms with Crippen molar-refractivity contribution in [1.82, 2.24) is 0 Å². The van der Waals surface area contributed by atoms with Gasteiger partial charge in [-0.2, -0.15) is 0 Å². The molecule has 2 fully saturated rings. The Hall–Kier alpha value is -1.74. The molecular weight excluding hydrogens is 536 g/mol. The highest BCUT2D eigenvalue weighted by Gasteiger charge is 2.82. The van der Waals surface area contributed by atoms with Gasteiger partial charge >= 0.3 is 11.9 Å². The molecule has 1 spiro atoms. The van der Waals surface area contributed by atoms with Crippen molar-refractivity contribution in [2.45, 2.75) is 130 Å². The van der Waals surface area contributed by atoms with E-state index in [4.69, 9.17) is 9.47 Å². The van der Waals surface area contributed by atoms with Crippen LogP contribution in [0.1, 0.15) is 100 Å². The number of aliphatic hydroxyl groups excluding tert-OH is 3. The van der Waals surface area contributed by atoms with E-state index in [1.54, 1.807) is 26.0 Å². The molecule has 0 aromatic carbocycles. The van der Waals surface area contributed by atoms with E-state index >= 15 is 0 Å². The van der Waals surface area contributed by atoms with Crippen LogP contribution in [0.3, 0.4) is 0 Å². The lowest BCUT2D eigenvalue weighted by atomic mass is 9.58. The Morgan fingerprint density at radius 3 is 2.31 bits per heavy atom. The molecule has 2 unspecified atom stereocenters. The Balaban J connectivity index is 1.73. The molecule has 2 bridgehead atoms. The molecule has 8 nitrogen and oxygen atoms in total. The SMILES string of the molecule is CCCCCCCC(=O)O[C@@]12C[C@@H](C)[C@]34C=C(C)[C@H](O)[C@@]3(O)[C@H](O)C(COC(=O)C(C)C(C)C)=C[C@H](C4O)[C@@H]1C2(C)C. The van der Waals surface area contributed by atoms with Gasteiger partial charge in [0.05, 0.1) is 17.4 Å². The van der Waals surface area contributed by atoms with Crippen molar-refractivity contribution in [3.05, 3.63) is 23.3 Å². The number of aliphatic hydroxyl groups is 4. The van der Waals surface area contributed by atoms with Crippen molar-refractivity contribution in [2.24, 2.45) is 40.4 Å². The Morgan fingerprint density at radius 2 is 1.69 bits per heavy atom. The predicted octanol–water partition coefficient (Wildman–Crippen LogP) is 4.48. The maximum Gasteiger partial charge on any atom is 0.309 e. The lowest BCUT2D eigenvalue weighted by Gasteiger charge is -2.51. The summed E-state index contributed by atoms with van der Waals surface area (Å²) in [6.07, 6.45) is 5.00. The third kappa shape index (κ3) is 4.79. The van der Waals surface area contributed by atoms with Crippen LogP contribution in [0, 0.1) is 40.4 Å². The van der Waals surface area contributed by atoms with Gasteiger partial charge in [-0.3, -0.25) is 9.59 Å². The van der Waals surface area contributed by atoms with Crippen molar-refractivity contribution in [2.75, 3.05) is 6.61 Å². The summed E-state index contributed by atoms with van der Waals surface area (Å²) in [5, 5.41) is 47.8. The summed E-state index contributed by atoms with van der Waals surface area (Å²) in [5.74, 6) is -2.39. The van der Waals surface area contributed by atoms with Crippen molar-refractivity contribution < 1.29 is 39.5 Å². The number of ether oxygens (including phenoxy) is 2. The summed E-state index contributed by atoms with van der Waals surface area (Å²) in [6.45, 7) is 15.2. The first-order valence-electron chi connectivity index (χ1n) is 16.1. The fourth-order valence-electron chi connectivity index (χ4n) is 8.71. The summed E-state index contributed by atoms with van der Waals surface area (Å²) >= 11 is 0.